The average molecular weight is 493 g/mol. The molecular weight excluding hydrogens is 475 g/mol. The van der Waals surface area contributed by atoms with E-state index in [0.717, 1.165) is 5.01 Å². The van der Waals surface area contributed by atoms with Crippen molar-refractivity contribution >= 4 is 52.8 Å². The Balaban J connectivity index is 1.42. The van der Waals surface area contributed by atoms with E-state index in [-0.39, 0.29) is 24.1 Å². The number of hydrogen-bond acceptors (Lipinski definition) is 6. The highest BCUT2D eigenvalue weighted by Gasteiger charge is 2.36. The average Bonchev–Trinajstić information content (AvgIpc) is 3.16. The van der Waals surface area contributed by atoms with Gasteiger partial charge in [0.05, 0.1) is 12.5 Å². The van der Waals surface area contributed by atoms with Gasteiger partial charge in [0.25, 0.3) is 17.7 Å². The number of nitrogens with zero attached hydrogens (tertiary/aromatic N) is 1. The molecule has 0 radical (unpaired) electrons. The van der Waals surface area contributed by atoms with E-state index in [1.165, 1.54) is 48.5 Å². The monoisotopic (exact) mass is 492 g/mol. The van der Waals surface area contributed by atoms with Gasteiger partial charge in [-0.1, -0.05) is 23.2 Å². The second kappa shape index (κ2) is 10.8. The van der Waals surface area contributed by atoms with Crippen LogP contribution < -0.4 is 16.3 Å². The van der Waals surface area contributed by atoms with Crippen LogP contribution in [0.15, 0.2) is 48.5 Å². The quantitative estimate of drug-likeness (QED) is 0.413. The number of nitrogens with one attached hydrogen (secondary N) is 3. The lowest BCUT2D eigenvalue weighted by Gasteiger charge is -2.17. The zero-order chi connectivity index (χ0) is 24.0. The molecule has 0 aliphatic carbocycles. The molecule has 33 heavy (non-hydrogen) atoms. The molecule has 4 amide bonds. The van der Waals surface area contributed by atoms with Gasteiger partial charge in [-0.2, -0.15) is 0 Å². The van der Waals surface area contributed by atoms with Crippen molar-refractivity contribution in [1.82, 2.24) is 21.3 Å². The Labute approximate surface area is 198 Å². The van der Waals surface area contributed by atoms with E-state index in [2.05, 4.69) is 16.3 Å². The molecule has 0 saturated carbocycles. The number of benzene rings is 2. The van der Waals surface area contributed by atoms with Gasteiger partial charge in [0.2, 0.25) is 5.91 Å². The molecule has 0 aromatic heterocycles. The minimum atomic E-state index is -0.862. The summed E-state index contributed by atoms with van der Waals surface area (Å²) in [6.07, 6.45) is -0.186. The molecule has 10 nitrogen and oxygen atoms in total. The fraction of sp³-hybridized carbons (Fsp3) is 0.190. The maximum atomic E-state index is 12.2. The Morgan fingerprint density at radius 1 is 0.879 bits per heavy atom. The predicted octanol–water partition coefficient (Wildman–Crippen LogP) is 1.49. The van der Waals surface area contributed by atoms with Crippen LogP contribution in [0, 0.1) is 5.92 Å². The normalized spacial score (nSPS) is 15.0. The summed E-state index contributed by atoms with van der Waals surface area (Å²) in [6, 6.07) is 12.0. The van der Waals surface area contributed by atoms with E-state index in [1.54, 1.807) is 0 Å². The Morgan fingerprint density at radius 3 is 2.00 bits per heavy atom. The van der Waals surface area contributed by atoms with Gasteiger partial charge in [-0.3, -0.25) is 45.3 Å². The number of halogens is 2. The molecule has 3 rings (SSSR count). The van der Waals surface area contributed by atoms with Crippen molar-refractivity contribution in [3.8, 4) is 0 Å². The van der Waals surface area contributed by atoms with Gasteiger partial charge in [-0.25, -0.2) is 0 Å². The maximum Gasteiger partial charge on any atom is 0.311 e. The Morgan fingerprint density at radius 2 is 1.42 bits per heavy atom. The molecule has 0 bridgehead atoms. The molecule has 12 heteroatoms. The first-order valence-electron chi connectivity index (χ1n) is 9.61. The molecule has 3 N–H and O–H groups in total. The second-order valence-electron chi connectivity index (χ2n) is 6.97. The zero-order valence-electron chi connectivity index (χ0n) is 17.0. The van der Waals surface area contributed by atoms with Crippen LogP contribution in [0.2, 0.25) is 10.0 Å². The Kier molecular flexibility index (Phi) is 7.86. The minimum Gasteiger partial charge on any atom is -0.455 e. The first-order valence-corrected chi connectivity index (χ1v) is 10.4. The number of rotatable bonds is 6. The molecular formula is C21H18Cl2N4O6. The minimum absolute atomic E-state index is 0.105. The van der Waals surface area contributed by atoms with E-state index >= 15 is 0 Å². The SMILES string of the molecule is O=C(COC(=O)[C@H]1CC(=O)N(NC(=O)c2ccc(Cl)cc2)C1)NNC(=O)c1ccc(Cl)cc1. The van der Waals surface area contributed by atoms with Crippen molar-refractivity contribution in [2.24, 2.45) is 5.92 Å². The van der Waals surface area contributed by atoms with Gasteiger partial charge in [0.1, 0.15) is 0 Å². The van der Waals surface area contributed by atoms with Gasteiger partial charge in [-0.15, -0.1) is 0 Å². The topological polar surface area (TPSA) is 134 Å². The smallest absolute Gasteiger partial charge is 0.311 e. The van der Waals surface area contributed by atoms with Crippen LogP contribution in [0.25, 0.3) is 0 Å². The summed E-state index contributed by atoms with van der Waals surface area (Å²) < 4.78 is 4.91. The summed E-state index contributed by atoms with van der Waals surface area (Å²) >= 11 is 11.5. The number of amides is 4. The van der Waals surface area contributed by atoms with Crippen molar-refractivity contribution in [2.45, 2.75) is 6.42 Å². The highest BCUT2D eigenvalue weighted by molar-refractivity contribution is 6.31. The van der Waals surface area contributed by atoms with Gasteiger partial charge in [0, 0.05) is 27.6 Å². The third-order valence-electron chi connectivity index (χ3n) is 4.57. The van der Waals surface area contributed by atoms with Crippen LogP contribution >= 0.6 is 23.2 Å². The number of hydrazine groups is 2. The predicted molar refractivity (Wildman–Crippen MR) is 117 cm³/mol. The summed E-state index contributed by atoms with van der Waals surface area (Å²) in [5, 5.41) is 1.94. The fourth-order valence-electron chi connectivity index (χ4n) is 2.85. The van der Waals surface area contributed by atoms with E-state index in [4.69, 9.17) is 27.9 Å². The van der Waals surface area contributed by atoms with Crippen molar-refractivity contribution < 1.29 is 28.7 Å². The molecule has 2 aromatic rings. The lowest BCUT2D eigenvalue weighted by atomic mass is 10.1. The van der Waals surface area contributed by atoms with Crippen LogP contribution in [-0.4, -0.2) is 47.8 Å². The van der Waals surface area contributed by atoms with Crippen LogP contribution in [0.3, 0.4) is 0 Å². The highest BCUT2D eigenvalue weighted by atomic mass is 35.5. The van der Waals surface area contributed by atoms with Crippen LogP contribution in [0.5, 0.6) is 0 Å². The summed E-state index contributed by atoms with van der Waals surface area (Å²) in [5.41, 5.74) is 7.27. The molecule has 1 aliphatic rings. The summed E-state index contributed by atoms with van der Waals surface area (Å²) in [5.74, 6) is -4.02. The van der Waals surface area contributed by atoms with Crippen molar-refractivity contribution in [3.63, 3.8) is 0 Å². The highest BCUT2D eigenvalue weighted by Crippen LogP contribution is 2.18. The van der Waals surface area contributed by atoms with E-state index in [1.807, 2.05) is 0 Å². The summed E-state index contributed by atoms with van der Waals surface area (Å²) in [7, 11) is 0. The standard InChI is InChI=1S/C21H18Cl2N4O6/c22-15-5-1-12(2-6-15)19(30)25-24-17(28)11-33-21(32)14-9-18(29)27(10-14)26-20(31)13-3-7-16(23)8-4-13/h1-8,14H,9-11H2,(H,24,28)(H,25,30)(H,26,31)/t14-/m0/s1. The molecule has 1 fully saturated rings. The van der Waals surface area contributed by atoms with Gasteiger partial charge >= 0.3 is 5.97 Å². The molecule has 1 aliphatic heterocycles. The van der Waals surface area contributed by atoms with Gasteiger partial charge in [0.15, 0.2) is 6.61 Å². The number of ether oxygens (including phenoxy) is 1. The van der Waals surface area contributed by atoms with Crippen molar-refractivity contribution in [1.29, 1.82) is 0 Å². The molecule has 0 spiro atoms. The van der Waals surface area contributed by atoms with Crippen molar-refractivity contribution in [2.75, 3.05) is 13.2 Å². The second-order valence-corrected chi connectivity index (χ2v) is 7.84. The van der Waals surface area contributed by atoms with Crippen LogP contribution in [-0.2, 0) is 19.1 Å². The maximum absolute atomic E-state index is 12.2. The fourth-order valence-corrected chi connectivity index (χ4v) is 3.10. The Hall–Kier alpha value is -3.63. The Bertz CT molecular complexity index is 1080. The van der Waals surface area contributed by atoms with Crippen molar-refractivity contribution in [3.05, 3.63) is 69.7 Å². The molecule has 0 unspecified atom stereocenters. The van der Waals surface area contributed by atoms with E-state index < -0.39 is 42.1 Å². The molecule has 172 valence electrons. The van der Waals surface area contributed by atoms with E-state index in [9.17, 15) is 24.0 Å². The van der Waals surface area contributed by atoms with Crippen LogP contribution in [0.4, 0.5) is 0 Å². The number of esters is 1. The first-order chi connectivity index (χ1) is 15.7. The van der Waals surface area contributed by atoms with Gasteiger partial charge in [-0.05, 0) is 48.5 Å². The lowest BCUT2D eigenvalue weighted by molar-refractivity contribution is -0.152. The molecule has 1 atom stereocenters. The largest absolute Gasteiger partial charge is 0.455 e. The summed E-state index contributed by atoms with van der Waals surface area (Å²) in [4.78, 5) is 60.3. The number of hydrogen-bond donors (Lipinski definition) is 3. The first kappa shape index (κ1) is 24.0. The third-order valence-corrected chi connectivity index (χ3v) is 5.07. The lowest BCUT2D eigenvalue weighted by Crippen LogP contribution is -2.44. The summed E-state index contributed by atoms with van der Waals surface area (Å²) in [6.45, 7) is -0.770. The molecule has 1 saturated heterocycles. The number of carbonyl (C=O) groups is 5. The number of carbonyl (C=O) groups excluding carboxylic acids is 5. The van der Waals surface area contributed by atoms with Crippen LogP contribution in [0.1, 0.15) is 27.1 Å². The molecule has 2 aromatic carbocycles. The third kappa shape index (κ3) is 6.67. The van der Waals surface area contributed by atoms with Gasteiger partial charge < -0.3 is 4.74 Å². The zero-order valence-corrected chi connectivity index (χ0v) is 18.5. The van der Waals surface area contributed by atoms with E-state index in [0.29, 0.717) is 10.0 Å². The molecule has 1 heterocycles.